The van der Waals surface area contributed by atoms with Crippen molar-refractivity contribution in [3.63, 3.8) is 0 Å². The van der Waals surface area contributed by atoms with Gasteiger partial charge >= 0.3 is 0 Å². The number of methoxy groups -OCH3 is 2. The summed E-state index contributed by atoms with van der Waals surface area (Å²) in [6.45, 7) is 3.07. The number of anilines is 1. The monoisotopic (exact) mass is 532 g/mol. The van der Waals surface area contributed by atoms with Crippen molar-refractivity contribution in [3.05, 3.63) is 60.3 Å². The second-order valence-electron chi connectivity index (χ2n) is 8.00. The van der Waals surface area contributed by atoms with Crippen LogP contribution in [0.4, 0.5) is 10.3 Å². The standard InChI is InChI=1S/C22H25FN8O5S/c1-12(19-25-10-14(23)11-26-19)13(2)37(33,34)30-22-29-28-20(15-6-5-7-17(27-15)36-4)31(22)18-16(35-3)8-9-24-21(18)32/h5-13,21,24,32H,1-4H3,(H,29,30)/t12-,13-,21+/m0/s1. The maximum Gasteiger partial charge on any atom is 0.243 e. The number of rotatable bonds is 9. The summed E-state index contributed by atoms with van der Waals surface area (Å²) in [5.41, 5.74) is 0.415. The molecule has 3 aromatic rings. The number of ether oxygens (including phenoxy) is 2. The van der Waals surface area contributed by atoms with Crippen LogP contribution in [0.3, 0.4) is 0 Å². The molecule has 3 atom stereocenters. The molecule has 3 N–H and O–H groups in total. The maximum atomic E-state index is 13.4. The molecule has 3 aromatic heterocycles. The van der Waals surface area contributed by atoms with E-state index in [1.54, 1.807) is 31.2 Å². The molecule has 0 radical (unpaired) electrons. The van der Waals surface area contributed by atoms with E-state index in [4.69, 9.17) is 9.47 Å². The van der Waals surface area contributed by atoms with Crippen molar-refractivity contribution in [3.8, 4) is 17.4 Å². The first kappa shape index (κ1) is 26.0. The van der Waals surface area contributed by atoms with E-state index >= 15 is 0 Å². The summed E-state index contributed by atoms with van der Waals surface area (Å²) in [4.78, 5) is 12.2. The fraction of sp³-hybridized carbons (Fsp3) is 0.318. The average molecular weight is 533 g/mol. The first-order valence-corrected chi connectivity index (χ1v) is 12.6. The van der Waals surface area contributed by atoms with Gasteiger partial charge in [0, 0.05) is 18.2 Å². The number of nitrogens with zero attached hydrogens (tertiary/aromatic N) is 6. The maximum absolute atomic E-state index is 13.4. The lowest BCUT2D eigenvalue weighted by Crippen LogP contribution is -2.34. The molecule has 0 saturated carbocycles. The molecular formula is C22H25FN8O5S. The summed E-state index contributed by atoms with van der Waals surface area (Å²) >= 11 is 0. The Hall–Kier alpha value is -4.11. The SMILES string of the molecule is COC1=C(n2c(NS(=O)(=O)[C@@H](C)[C@H](C)c3ncc(F)cn3)nnc2-c2cccc(OC)n2)[C@@H](O)NC=C1. The smallest absolute Gasteiger partial charge is 0.243 e. The molecule has 4 rings (SSSR count). The summed E-state index contributed by atoms with van der Waals surface area (Å²) in [5, 5.41) is 20.6. The van der Waals surface area contributed by atoms with E-state index in [9.17, 15) is 17.9 Å². The highest BCUT2D eigenvalue weighted by Gasteiger charge is 2.34. The summed E-state index contributed by atoms with van der Waals surface area (Å²) < 4.78 is 54.4. The highest BCUT2D eigenvalue weighted by Crippen LogP contribution is 2.31. The van der Waals surface area contributed by atoms with Crippen LogP contribution in [0.2, 0.25) is 0 Å². The molecule has 4 heterocycles. The van der Waals surface area contributed by atoms with Gasteiger partial charge in [0.1, 0.15) is 23.0 Å². The minimum atomic E-state index is -4.13. The van der Waals surface area contributed by atoms with Crippen molar-refractivity contribution in [1.82, 2.24) is 35.0 Å². The second-order valence-corrected chi connectivity index (χ2v) is 10.0. The second kappa shape index (κ2) is 10.5. The minimum Gasteiger partial charge on any atom is -0.495 e. The van der Waals surface area contributed by atoms with Crippen LogP contribution in [0.25, 0.3) is 17.2 Å². The van der Waals surface area contributed by atoms with Crippen LogP contribution in [0, 0.1) is 5.82 Å². The number of hydrogen-bond donors (Lipinski definition) is 3. The lowest BCUT2D eigenvalue weighted by molar-refractivity contribution is 0.193. The topological polar surface area (TPSA) is 166 Å². The van der Waals surface area contributed by atoms with Crippen LogP contribution in [-0.2, 0) is 14.8 Å². The quantitative estimate of drug-likeness (QED) is 0.365. The number of aliphatic hydroxyl groups excluding tert-OH is 1. The van der Waals surface area contributed by atoms with Gasteiger partial charge in [0.15, 0.2) is 17.9 Å². The number of nitrogens with one attached hydrogen (secondary N) is 2. The first-order chi connectivity index (χ1) is 17.7. The van der Waals surface area contributed by atoms with E-state index in [1.165, 1.54) is 31.9 Å². The Morgan fingerprint density at radius 2 is 1.89 bits per heavy atom. The molecule has 0 unspecified atom stereocenters. The molecule has 0 saturated heterocycles. The number of hydrogen-bond acceptors (Lipinski definition) is 11. The van der Waals surface area contributed by atoms with Crippen LogP contribution in [-0.4, -0.2) is 68.9 Å². The third-order valence-electron chi connectivity index (χ3n) is 5.76. The lowest BCUT2D eigenvalue weighted by Gasteiger charge is -2.25. The molecular weight excluding hydrogens is 507 g/mol. The van der Waals surface area contributed by atoms with Crippen LogP contribution in [0.15, 0.2) is 48.6 Å². The first-order valence-electron chi connectivity index (χ1n) is 11.0. The lowest BCUT2D eigenvalue weighted by atomic mass is 10.1. The number of dihydropyridines is 1. The highest BCUT2D eigenvalue weighted by atomic mass is 32.2. The van der Waals surface area contributed by atoms with Crippen molar-refractivity contribution in [1.29, 1.82) is 0 Å². The summed E-state index contributed by atoms with van der Waals surface area (Å²) in [7, 11) is -1.27. The van der Waals surface area contributed by atoms with E-state index in [1.807, 2.05) is 0 Å². The number of pyridine rings is 1. The molecule has 0 aromatic carbocycles. The third-order valence-corrected chi connectivity index (χ3v) is 7.61. The average Bonchev–Trinajstić information content (AvgIpc) is 3.30. The minimum absolute atomic E-state index is 0.111. The Labute approximate surface area is 212 Å². The fourth-order valence-electron chi connectivity index (χ4n) is 3.57. The van der Waals surface area contributed by atoms with Crippen LogP contribution in [0.5, 0.6) is 5.88 Å². The molecule has 1 aliphatic heterocycles. The molecule has 0 aliphatic carbocycles. The number of halogens is 1. The van der Waals surface area contributed by atoms with Crippen molar-refractivity contribution in [2.45, 2.75) is 31.2 Å². The Balaban J connectivity index is 1.80. The van der Waals surface area contributed by atoms with Crippen LogP contribution in [0.1, 0.15) is 25.6 Å². The number of aromatic nitrogens is 6. The van der Waals surface area contributed by atoms with Gasteiger partial charge in [0.2, 0.25) is 21.9 Å². The van der Waals surface area contributed by atoms with Gasteiger partial charge in [0.05, 0.1) is 31.9 Å². The Morgan fingerprint density at radius 1 is 1.16 bits per heavy atom. The molecule has 1 aliphatic rings. The molecule has 0 bridgehead atoms. The molecule has 0 spiro atoms. The van der Waals surface area contributed by atoms with Crippen molar-refractivity contribution >= 4 is 21.7 Å². The van der Waals surface area contributed by atoms with Gasteiger partial charge in [-0.3, -0.25) is 9.29 Å². The van der Waals surface area contributed by atoms with Gasteiger partial charge in [-0.05, 0) is 19.1 Å². The number of sulfonamides is 1. The van der Waals surface area contributed by atoms with E-state index in [0.29, 0.717) is 11.6 Å². The predicted octanol–water partition coefficient (Wildman–Crippen LogP) is 1.46. The van der Waals surface area contributed by atoms with Crippen LogP contribution < -0.4 is 14.8 Å². The Bertz CT molecular complexity index is 1440. The van der Waals surface area contributed by atoms with E-state index in [2.05, 4.69) is 35.2 Å². The number of aliphatic hydroxyl groups is 1. The van der Waals surface area contributed by atoms with Gasteiger partial charge < -0.3 is 19.9 Å². The summed E-state index contributed by atoms with van der Waals surface area (Å²) in [6, 6.07) is 4.94. The highest BCUT2D eigenvalue weighted by molar-refractivity contribution is 7.93. The fourth-order valence-corrected chi connectivity index (χ4v) is 4.80. The number of allylic oxidation sites excluding steroid dienone is 1. The van der Waals surface area contributed by atoms with Crippen molar-refractivity contribution < 1.29 is 27.4 Å². The Kier molecular flexibility index (Phi) is 7.35. The van der Waals surface area contributed by atoms with E-state index in [0.717, 1.165) is 12.4 Å². The molecule has 196 valence electrons. The molecule has 15 heteroatoms. The molecule has 13 nitrogen and oxygen atoms in total. The third kappa shape index (κ3) is 5.22. The summed E-state index contributed by atoms with van der Waals surface area (Å²) in [5.74, 6) is -0.765. The Morgan fingerprint density at radius 3 is 2.57 bits per heavy atom. The largest absolute Gasteiger partial charge is 0.495 e. The molecule has 37 heavy (non-hydrogen) atoms. The normalized spacial score (nSPS) is 17.2. The van der Waals surface area contributed by atoms with Gasteiger partial charge in [0.25, 0.3) is 0 Å². The van der Waals surface area contributed by atoms with Crippen molar-refractivity contribution in [2.75, 3.05) is 18.9 Å². The molecule has 0 amide bonds. The van der Waals surface area contributed by atoms with E-state index in [-0.39, 0.29) is 29.1 Å². The van der Waals surface area contributed by atoms with Crippen molar-refractivity contribution in [2.24, 2.45) is 0 Å². The van der Waals surface area contributed by atoms with Gasteiger partial charge in [-0.15, -0.1) is 10.2 Å². The van der Waals surface area contributed by atoms with E-state index < -0.39 is 33.2 Å². The van der Waals surface area contributed by atoms with Gasteiger partial charge in [-0.2, -0.15) is 0 Å². The molecule has 0 fully saturated rings. The van der Waals surface area contributed by atoms with Crippen LogP contribution >= 0.6 is 0 Å². The predicted molar refractivity (Wildman–Crippen MR) is 131 cm³/mol. The summed E-state index contributed by atoms with van der Waals surface area (Å²) in [6.07, 6.45) is 3.68. The zero-order valence-corrected chi connectivity index (χ0v) is 21.1. The van der Waals surface area contributed by atoms with Gasteiger partial charge in [-0.25, -0.2) is 27.8 Å². The van der Waals surface area contributed by atoms with Gasteiger partial charge in [-0.1, -0.05) is 13.0 Å². The zero-order valence-electron chi connectivity index (χ0n) is 20.3. The zero-order chi connectivity index (χ0) is 26.7.